The number of hydrogen-bond donors (Lipinski definition) is 1. The minimum atomic E-state index is 0.864. The average molecular weight is 246 g/mol. The summed E-state index contributed by atoms with van der Waals surface area (Å²) >= 11 is 1.72. The SMILES string of the molecule is C(=C\c1nc2c(s1)NCCCC2)/c1ccco1. The van der Waals surface area contributed by atoms with Crippen LogP contribution in [-0.2, 0) is 6.42 Å². The summed E-state index contributed by atoms with van der Waals surface area (Å²) in [5.41, 5.74) is 1.21. The molecule has 1 aliphatic rings. The summed E-state index contributed by atoms with van der Waals surface area (Å²) < 4.78 is 5.25. The van der Waals surface area contributed by atoms with Crippen LogP contribution in [0, 0.1) is 0 Å². The van der Waals surface area contributed by atoms with E-state index in [2.05, 4.69) is 10.3 Å². The highest BCUT2D eigenvalue weighted by atomic mass is 32.1. The molecular formula is C13H14N2OS. The molecular weight excluding hydrogens is 232 g/mol. The third-order valence-corrected chi connectivity index (χ3v) is 3.79. The molecule has 3 heterocycles. The number of rotatable bonds is 2. The third-order valence-electron chi connectivity index (χ3n) is 2.77. The maximum absolute atomic E-state index is 5.25. The number of fused-ring (bicyclic) bond motifs is 1. The van der Waals surface area contributed by atoms with Crippen molar-refractivity contribution < 1.29 is 4.42 Å². The van der Waals surface area contributed by atoms with Crippen LogP contribution < -0.4 is 5.32 Å². The summed E-state index contributed by atoms with van der Waals surface area (Å²) in [5, 5.41) is 5.72. The summed E-state index contributed by atoms with van der Waals surface area (Å²) in [6.07, 6.45) is 9.20. The molecule has 3 rings (SSSR count). The van der Waals surface area contributed by atoms with E-state index in [9.17, 15) is 0 Å². The first kappa shape index (κ1) is 10.6. The predicted octanol–water partition coefficient (Wildman–Crippen LogP) is 3.65. The van der Waals surface area contributed by atoms with E-state index in [1.807, 2.05) is 24.3 Å². The van der Waals surface area contributed by atoms with E-state index in [1.165, 1.54) is 23.5 Å². The number of hydrogen-bond acceptors (Lipinski definition) is 4. The zero-order valence-corrected chi connectivity index (χ0v) is 10.3. The fourth-order valence-corrected chi connectivity index (χ4v) is 2.85. The van der Waals surface area contributed by atoms with E-state index >= 15 is 0 Å². The van der Waals surface area contributed by atoms with Gasteiger partial charge in [-0.2, -0.15) is 0 Å². The van der Waals surface area contributed by atoms with Gasteiger partial charge < -0.3 is 9.73 Å². The lowest BCUT2D eigenvalue weighted by atomic mass is 10.2. The van der Waals surface area contributed by atoms with Gasteiger partial charge in [-0.15, -0.1) is 0 Å². The van der Waals surface area contributed by atoms with Crippen molar-refractivity contribution in [3.8, 4) is 0 Å². The second kappa shape index (κ2) is 4.75. The fourth-order valence-electron chi connectivity index (χ4n) is 1.91. The molecule has 0 saturated carbocycles. The lowest BCUT2D eigenvalue weighted by Crippen LogP contribution is -1.96. The van der Waals surface area contributed by atoms with Crippen LogP contribution in [0.4, 0.5) is 5.00 Å². The second-order valence-electron chi connectivity index (χ2n) is 4.06. The van der Waals surface area contributed by atoms with Gasteiger partial charge in [0.1, 0.15) is 15.8 Å². The van der Waals surface area contributed by atoms with Gasteiger partial charge >= 0.3 is 0 Å². The van der Waals surface area contributed by atoms with E-state index in [0.717, 1.165) is 23.7 Å². The Hall–Kier alpha value is -1.55. The Balaban J connectivity index is 1.80. The van der Waals surface area contributed by atoms with Crippen molar-refractivity contribution in [2.75, 3.05) is 11.9 Å². The molecule has 4 heteroatoms. The van der Waals surface area contributed by atoms with Crippen LogP contribution in [0.2, 0.25) is 0 Å². The van der Waals surface area contributed by atoms with Crippen molar-refractivity contribution in [2.45, 2.75) is 19.3 Å². The molecule has 0 unspecified atom stereocenters. The van der Waals surface area contributed by atoms with Gasteiger partial charge in [-0.1, -0.05) is 11.3 Å². The van der Waals surface area contributed by atoms with Crippen molar-refractivity contribution in [1.82, 2.24) is 4.98 Å². The number of anilines is 1. The molecule has 0 amide bonds. The zero-order valence-electron chi connectivity index (χ0n) is 9.48. The lowest BCUT2D eigenvalue weighted by molar-refractivity contribution is 0.557. The molecule has 1 N–H and O–H groups in total. The van der Waals surface area contributed by atoms with Gasteiger partial charge in [0.15, 0.2) is 0 Å². The summed E-state index contributed by atoms with van der Waals surface area (Å²) in [4.78, 5) is 4.64. The Morgan fingerprint density at radius 1 is 1.35 bits per heavy atom. The molecule has 2 aromatic rings. The van der Waals surface area contributed by atoms with Crippen LogP contribution in [0.3, 0.4) is 0 Å². The molecule has 0 fully saturated rings. The predicted molar refractivity (Wildman–Crippen MR) is 71.2 cm³/mol. The Labute approximate surface area is 104 Å². The molecule has 0 bridgehead atoms. The second-order valence-corrected chi connectivity index (χ2v) is 5.09. The molecule has 0 spiro atoms. The maximum Gasteiger partial charge on any atom is 0.126 e. The number of aromatic nitrogens is 1. The summed E-state index contributed by atoms with van der Waals surface area (Å²) in [7, 11) is 0. The number of nitrogens with zero attached hydrogens (tertiary/aromatic N) is 1. The minimum absolute atomic E-state index is 0.864. The smallest absolute Gasteiger partial charge is 0.126 e. The van der Waals surface area contributed by atoms with E-state index < -0.39 is 0 Å². The van der Waals surface area contributed by atoms with Crippen LogP contribution in [0.25, 0.3) is 12.2 Å². The van der Waals surface area contributed by atoms with Crippen molar-refractivity contribution in [3.63, 3.8) is 0 Å². The number of furan rings is 1. The first-order valence-electron chi connectivity index (χ1n) is 5.87. The van der Waals surface area contributed by atoms with Crippen molar-refractivity contribution in [3.05, 3.63) is 34.9 Å². The summed E-state index contributed by atoms with van der Waals surface area (Å²) in [5.74, 6) is 0.864. The zero-order chi connectivity index (χ0) is 11.5. The number of nitrogens with one attached hydrogen (secondary N) is 1. The molecule has 0 aromatic carbocycles. The van der Waals surface area contributed by atoms with Gasteiger partial charge in [-0.25, -0.2) is 4.98 Å². The first-order chi connectivity index (χ1) is 8.42. The van der Waals surface area contributed by atoms with Gasteiger partial charge in [0.25, 0.3) is 0 Å². The van der Waals surface area contributed by atoms with Gasteiger partial charge in [0.05, 0.1) is 12.0 Å². The van der Waals surface area contributed by atoms with E-state index in [1.54, 1.807) is 17.6 Å². The topological polar surface area (TPSA) is 38.1 Å². The van der Waals surface area contributed by atoms with Gasteiger partial charge in [-0.05, 0) is 43.5 Å². The highest BCUT2D eigenvalue weighted by Gasteiger charge is 2.12. The Kier molecular flexibility index (Phi) is 2.96. The Morgan fingerprint density at radius 3 is 3.24 bits per heavy atom. The fraction of sp³-hybridized carbons (Fsp3) is 0.308. The number of thiazole rings is 1. The molecule has 0 atom stereocenters. The summed E-state index contributed by atoms with van der Waals surface area (Å²) in [6, 6.07) is 3.82. The maximum atomic E-state index is 5.25. The van der Waals surface area contributed by atoms with E-state index in [0.29, 0.717) is 0 Å². The Bertz CT molecular complexity index is 490. The van der Waals surface area contributed by atoms with Gasteiger partial charge in [0, 0.05) is 6.54 Å². The Morgan fingerprint density at radius 2 is 2.35 bits per heavy atom. The normalized spacial score (nSPS) is 15.5. The number of aryl methyl sites for hydroxylation is 1. The molecule has 0 radical (unpaired) electrons. The van der Waals surface area contributed by atoms with E-state index in [-0.39, 0.29) is 0 Å². The summed E-state index contributed by atoms with van der Waals surface area (Å²) in [6.45, 7) is 1.07. The molecule has 17 heavy (non-hydrogen) atoms. The quantitative estimate of drug-likeness (QED) is 0.878. The molecule has 0 aliphatic carbocycles. The van der Waals surface area contributed by atoms with Crippen LogP contribution >= 0.6 is 11.3 Å². The largest absolute Gasteiger partial charge is 0.465 e. The average Bonchev–Trinajstić information content (AvgIpc) is 2.93. The third kappa shape index (κ3) is 2.42. The van der Waals surface area contributed by atoms with Crippen molar-refractivity contribution >= 4 is 28.5 Å². The van der Waals surface area contributed by atoms with Crippen LogP contribution in [0.1, 0.15) is 29.3 Å². The lowest BCUT2D eigenvalue weighted by Gasteiger charge is -1.96. The highest BCUT2D eigenvalue weighted by Crippen LogP contribution is 2.29. The van der Waals surface area contributed by atoms with Crippen LogP contribution in [0.5, 0.6) is 0 Å². The monoisotopic (exact) mass is 246 g/mol. The first-order valence-corrected chi connectivity index (χ1v) is 6.68. The van der Waals surface area contributed by atoms with Crippen LogP contribution in [0.15, 0.2) is 22.8 Å². The van der Waals surface area contributed by atoms with Gasteiger partial charge in [0.2, 0.25) is 0 Å². The molecule has 2 aromatic heterocycles. The standard InChI is InChI=1S/C13H14N2OS/c1-2-8-14-13-11(5-1)15-12(17-13)7-6-10-4-3-9-16-10/h3-4,6-7,9,14H,1-2,5,8H2/b7-6+. The molecule has 0 saturated heterocycles. The van der Waals surface area contributed by atoms with Crippen LogP contribution in [-0.4, -0.2) is 11.5 Å². The molecule has 88 valence electrons. The van der Waals surface area contributed by atoms with Gasteiger partial charge in [-0.3, -0.25) is 0 Å². The minimum Gasteiger partial charge on any atom is -0.465 e. The highest BCUT2D eigenvalue weighted by molar-refractivity contribution is 7.16. The molecule has 1 aliphatic heterocycles. The van der Waals surface area contributed by atoms with Crippen molar-refractivity contribution in [1.29, 1.82) is 0 Å². The van der Waals surface area contributed by atoms with Crippen molar-refractivity contribution in [2.24, 2.45) is 0 Å². The molecule has 3 nitrogen and oxygen atoms in total. The van der Waals surface area contributed by atoms with E-state index in [4.69, 9.17) is 4.42 Å².